The van der Waals surface area contributed by atoms with Crippen LogP contribution in [0.5, 0.6) is 0 Å². The second kappa shape index (κ2) is 5.83. The van der Waals surface area contributed by atoms with E-state index in [2.05, 4.69) is 23.6 Å². The Hall–Kier alpha value is -1.55. The van der Waals surface area contributed by atoms with Gasteiger partial charge in [0.1, 0.15) is 0 Å². The van der Waals surface area contributed by atoms with Gasteiger partial charge in [-0.15, -0.1) is 0 Å². The van der Waals surface area contributed by atoms with Crippen molar-refractivity contribution in [3.63, 3.8) is 0 Å². The number of anilines is 1. The largest absolute Gasteiger partial charge is 0.384 e. The van der Waals surface area contributed by atoms with Gasteiger partial charge in [-0.1, -0.05) is 12.1 Å². The molecule has 4 heteroatoms. The Kier molecular flexibility index (Phi) is 3.92. The zero-order chi connectivity index (χ0) is 13.9. The molecule has 2 atom stereocenters. The highest BCUT2D eigenvalue weighted by Crippen LogP contribution is 2.26. The van der Waals surface area contributed by atoms with E-state index in [1.807, 2.05) is 12.1 Å². The third-order valence-corrected chi connectivity index (χ3v) is 4.35. The van der Waals surface area contributed by atoms with E-state index in [-0.39, 0.29) is 11.9 Å². The third kappa shape index (κ3) is 2.66. The first-order chi connectivity index (χ1) is 9.75. The topological polar surface area (TPSA) is 50.4 Å². The van der Waals surface area contributed by atoms with E-state index in [9.17, 15) is 4.79 Å². The first-order valence-electron chi connectivity index (χ1n) is 7.50. The van der Waals surface area contributed by atoms with Gasteiger partial charge >= 0.3 is 0 Å². The van der Waals surface area contributed by atoms with Crippen molar-refractivity contribution in [3.05, 3.63) is 29.3 Å². The quantitative estimate of drug-likeness (QED) is 0.888. The lowest BCUT2D eigenvalue weighted by Crippen LogP contribution is -2.38. The van der Waals surface area contributed by atoms with Gasteiger partial charge in [-0.2, -0.15) is 0 Å². The van der Waals surface area contributed by atoms with Gasteiger partial charge in [0.2, 0.25) is 0 Å². The van der Waals surface area contributed by atoms with Crippen LogP contribution in [0.3, 0.4) is 0 Å². The first-order valence-corrected chi connectivity index (χ1v) is 7.50. The van der Waals surface area contributed by atoms with Crippen molar-refractivity contribution >= 4 is 11.6 Å². The van der Waals surface area contributed by atoms with E-state index >= 15 is 0 Å². The van der Waals surface area contributed by atoms with E-state index in [1.54, 1.807) is 0 Å². The van der Waals surface area contributed by atoms with Crippen molar-refractivity contribution in [1.82, 2.24) is 5.32 Å². The highest BCUT2D eigenvalue weighted by Gasteiger charge is 2.25. The van der Waals surface area contributed by atoms with Crippen LogP contribution >= 0.6 is 0 Å². The van der Waals surface area contributed by atoms with Gasteiger partial charge in [-0.05, 0) is 37.8 Å². The van der Waals surface area contributed by atoms with Gasteiger partial charge < -0.3 is 15.4 Å². The summed E-state index contributed by atoms with van der Waals surface area (Å²) in [6.07, 6.45) is 3.22. The standard InChI is InChI=1S/C16H22N2O2/c1-11(13-7-9-20-10-13)18-16(19)14-6-2-4-12-5-3-8-17-15(12)14/h2,4,6,11,13,17H,3,5,7-10H2,1H3,(H,18,19). The number of nitrogens with one attached hydrogen (secondary N) is 2. The average molecular weight is 274 g/mol. The fourth-order valence-corrected chi connectivity index (χ4v) is 3.05. The number of carbonyl (C=O) groups is 1. The van der Waals surface area contributed by atoms with Gasteiger partial charge in [0.25, 0.3) is 5.91 Å². The maximum absolute atomic E-state index is 12.5. The van der Waals surface area contributed by atoms with Gasteiger partial charge in [-0.3, -0.25) is 4.79 Å². The number of para-hydroxylation sites is 1. The molecule has 0 aliphatic carbocycles. The molecule has 2 aliphatic heterocycles. The fourth-order valence-electron chi connectivity index (χ4n) is 3.05. The molecule has 2 N–H and O–H groups in total. The molecule has 1 amide bonds. The molecule has 20 heavy (non-hydrogen) atoms. The zero-order valence-corrected chi connectivity index (χ0v) is 11.9. The number of ether oxygens (including phenoxy) is 1. The number of amides is 1. The number of hydrogen-bond acceptors (Lipinski definition) is 3. The molecule has 4 nitrogen and oxygen atoms in total. The Bertz CT molecular complexity index is 495. The summed E-state index contributed by atoms with van der Waals surface area (Å²) in [4.78, 5) is 12.5. The minimum Gasteiger partial charge on any atom is -0.384 e. The lowest BCUT2D eigenvalue weighted by molar-refractivity contribution is 0.0923. The zero-order valence-electron chi connectivity index (χ0n) is 11.9. The van der Waals surface area contributed by atoms with Crippen LogP contribution in [0, 0.1) is 5.92 Å². The molecule has 0 saturated carbocycles. The molecule has 1 aromatic carbocycles. The smallest absolute Gasteiger partial charge is 0.253 e. The van der Waals surface area contributed by atoms with Crippen molar-refractivity contribution in [3.8, 4) is 0 Å². The van der Waals surface area contributed by atoms with Gasteiger partial charge in [-0.25, -0.2) is 0 Å². The van der Waals surface area contributed by atoms with E-state index in [4.69, 9.17) is 4.74 Å². The minimum absolute atomic E-state index is 0.0237. The van der Waals surface area contributed by atoms with Crippen LogP contribution < -0.4 is 10.6 Å². The molecule has 0 aromatic heterocycles. The predicted octanol–water partition coefficient (Wildman–Crippen LogP) is 2.20. The predicted molar refractivity (Wildman–Crippen MR) is 79.1 cm³/mol. The third-order valence-electron chi connectivity index (χ3n) is 4.35. The van der Waals surface area contributed by atoms with Crippen molar-refractivity contribution in [2.75, 3.05) is 25.1 Å². The lowest BCUT2D eigenvalue weighted by Gasteiger charge is -2.23. The summed E-state index contributed by atoms with van der Waals surface area (Å²) in [5.41, 5.74) is 3.04. The SMILES string of the molecule is CC(NC(=O)c1cccc2c1NCCC2)C1CCOC1. The number of hydrogen-bond donors (Lipinski definition) is 2. The average Bonchev–Trinajstić information content (AvgIpc) is 3.01. The van der Waals surface area contributed by atoms with E-state index in [0.717, 1.165) is 50.3 Å². The molecule has 2 heterocycles. The number of carbonyl (C=O) groups excluding carboxylic acids is 1. The summed E-state index contributed by atoms with van der Waals surface area (Å²) in [5.74, 6) is 0.460. The maximum atomic E-state index is 12.5. The molecule has 3 rings (SSSR count). The van der Waals surface area contributed by atoms with Gasteiger partial charge in [0.15, 0.2) is 0 Å². The van der Waals surface area contributed by atoms with Crippen molar-refractivity contribution in [1.29, 1.82) is 0 Å². The molecule has 2 aliphatic rings. The maximum Gasteiger partial charge on any atom is 0.253 e. The molecule has 1 aromatic rings. The highest BCUT2D eigenvalue weighted by atomic mass is 16.5. The fraction of sp³-hybridized carbons (Fsp3) is 0.562. The molecule has 108 valence electrons. The molecule has 0 radical (unpaired) electrons. The van der Waals surface area contributed by atoms with Crippen molar-refractivity contribution in [2.24, 2.45) is 5.92 Å². The number of aryl methyl sites for hydroxylation is 1. The van der Waals surface area contributed by atoms with E-state index < -0.39 is 0 Å². The van der Waals surface area contributed by atoms with Crippen molar-refractivity contribution < 1.29 is 9.53 Å². The van der Waals surface area contributed by atoms with Crippen LogP contribution in [0.2, 0.25) is 0 Å². The van der Waals surface area contributed by atoms with Crippen molar-refractivity contribution in [2.45, 2.75) is 32.2 Å². The van der Waals surface area contributed by atoms with Crippen LogP contribution in [0.25, 0.3) is 0 Å². The summed E-state index contributed by atoms with van der Waals surface area (Å²) in [7, 11) is 0. The lowest BCUT2D eigenvalue weighted by atomic mass is 9.97. The Labute approximate surface area is 119 Å². The van der Waals surface area contributed by atoms with Crippen LogP contribution in [0.4, 0.5) is 5.69 Å². The second-order valence-electron chi connectivity index (χ2n) is 5.76. The Morgan fingerprint density at radius 1 is 1.50 bits per heavy atom. The summed E-state index contributed by atoms with van der Waals surface area (Å²) in [6.45, 7) is 4.59. The van der Waals surface area contributed by atoms with E-state index in [0.29, 0.717) is 5.92 Å². The molecular weight excluding hydrogens is 252 g/mol. The minimum atomic E-state index is 0.0237. The highest BCUT2D eigenvalue weighted by molar-refractivity contribution is 6.00. The molecular formula is C16H22N2O2. The van der Waals surface area contributed by atoms with Gasteiger partial charge in [0, 0.05) is 25.1 Å². The molecule has 0 bridgehead atoms. The first kappa shape index (κ1) is 13.4. The molecule has 2 unspecified atom stereocenters. The second-order valence-corrected chi connectivity index (χ2v) is 5.76. The molecule has 1 fully saturated rings. The summed E-state index contributed by atoms with van der Waals surface area (Å²) >= 11 is 0. The Balaban J connectivity index is 1.73. The van der Waals surface area contributed by atoms with Crippen LogP contribution in [-0.4, -0.2) is 31.7 Å². The molecule has 1 saturated heterocycles. The van der Waals surface area contributed by atoms with Crippen LogP contribution in [0.15, 0.2) is 18.2 Å². The van der Waals surface area contributed by atoms with Crippen LogP contribution in [0.1, 0.15) is 35.7 Å². The Morgan fingerprint density at radius 3 is 3.20 bits per heavy atom. The number of benzene rings is 1. The summed E-state index contributed by atoms with van der Waals surface area (Å²) < 4.78 is 5.39. The Morgan fingerprint density at radius 2 is 2.40 bits per heavy atom. The normalized spacial score (nSPS) is 22.8. The number of fused-ring (bicyclic) bond motifs is 1. The number of rotatable bonds is 3. The van der Waals surface area contributed by atoms with Gasteiger partial charge in [0.05, 0.1) is 17.9 Å². The van der Waals surface area contributed by atoms with E-state index in [1.165, 1.54) is 5.56 Å². The monoisotopic (exact) mass is 274 g/mol. The van der Waals surface area contributed by atoms with Crippen LogP contribution in [-0.2, 0) is 11.2 Å². The summed E-state index contributed by atoms with van der Waals surface area (Å²) in [6, 6.07) is 6.14. The molecule has 0 spiro atoms. The summed E-state index contributed by atoms with van der Waals surface area (Å²) in [5, 5.41) is 6.50.